The number of aromatic nitrogens is 1. The Balaban J connectivity index is 3.41. The van der Waals surface area contributed by atoms with Gasteiger partial charge in [-0.15, -0.1) is 0 Å². The fourth-order valence-corrected chi connectivity index (χ4v) is 1.44. The molecule has 0 atom stereocenters. The molecular formula is C9H9BrN2O3. The van der Waals surface area contributed by atoms with Crippen molar-refractivity contribution in [3.05, 3.63) is 32.5 Å². The van der Waals surface area contributed by atoms with E-state index in [1.165, 1.54) is 12.3 Å². The van der Waals surface area contributed by atoms with Gasteiger partial charge in [-0.05, 0) is 29.8 Å². The predicted molar refractivity (Wildman–Crippen MR) is 57.7 cm³/mol. The molecule has 0 unspecified atom stereocenters. The van der Waals surface area contributed by atoms with E-state index < -0.39 is 10.3 Å². The van der Waals surface area contributed by atoms with E-state index >= 15 is 0 Å². The quantitative estimate of drug-likeness (QED) is 0.481. The second kappa shape index (κ2) is 4.06. The molecule has 0 fully saturated rings. The highest BCUT2D eigenvalue weighted by molar-refractivity contribution is 9.10. The van der Waals surface area contributed by atoms with Crippen LogP contribution in [0.1, 0.15) is 19.5 Å². The molecule has 15 heavy (non-hydrogen) atoms. The molecular weight excluding hydrogens is 264 g/mol. The van der Waals surface area contributed by atoms with Crippen LogP contribution in [-0.2, 0) is 10.2 Å². The van der Waals surface area contributed by atoms with Crippen molar-refractivity contribution < 1.29 is 9.72 Å². The van der Waals surface area contributed by atoms with Crippen molar-refractivity contribution in [1.82, 2.24) is 4.98 Å². The summed E-state index contributed by atoms with van der Waals surface area (Å²) in [7, 11) is 0. The third-order valence-corrected chi connectivity index (χ3v) is 2.37. The minimum absolute atomic E-state index is 0.151. The third kappa shape index (κ3) is 2.38. The normalized spacial score (nSPS) is 11.1. The molecule has 0 aliphatic rings. The Morgan fingerprint density at radius 3 is 2.67 bits per heavy atom. The molecule has 0 aliphatic carbocycles. The lowest BCUT2D eigenvalue weighted by atomic mass is 9.90. The van der Waals surface area contributed by atoms with E-state index in [9.17, 15) is 14.9 Å². The molecule has 1 heterocycles. The van der Waals surface area contributed by atoms with Gasteiger partial charge in [0.1, 0.15) is 12.0 Å². The molecule has 1 rings (SSSR count). The van der Waals surface area contributed by atoms with Gasteiger partial charge in [0.15, 0.2) is 0 Å². The summed E-state index contributed by atoms with van der Waals surface area (Å²) in [5.74, 6) is 0. The van der Waals surface area contributed by atoms with Gasteiger partial charge in [0, 0.05) is 16.7 Å². The zero-order valence-electron chi connectivity index (χ0n) is 8.23. The fourth-order valence-electron chi connectivity index (χ4n) is 1.12. The maximum atomic E-state index is 10.8. The molecule has 80 valence electrons. The van der Waals surface area contributed by atoms with Gasteiger partial charge in [-0.2, -0.15) is 0 Å². The maximum Gasteiger partial charge on any atom is 0.292 e. The van der Waals surface area contributed by atoms with Gasteiger partial charge >= 0.3 is 0 Å². The van der Waals surface area contributed by atoms with Crippen LogP contribution in [0.15, 0.2) is 16.7 Å². The van der Waals surface area contributed by atoms with E-state index in [2.05, 4.69) is 20.9 Å². The molecule has 0 N–H and O–H groups in total. The van der Waals surface area contributed by atoms with Crippen LogP contribution in [-0.4, -0.2) is 16.2 Å². The smallest absolute Gasteiger partial charge is 0.292 e. The van der Waals surface area contributed by atoms with E-state index in [-0.39, 0.29) is 11.4 Å². The van der Waals surface area contributed by atoms with Crippen LogP contribution in [0.5, 0.6) is 0 Å². The summed E-state index contributed by atoms with van der Waals surface area (Å²) in [6, 6.07) is 1.34. The van der Waals surface area contributed by atoms with E-state index in [0.29, 0.717) is 10.8 Å². The molecule has 0 saturated heterocycles. The highest BCUT2D eigenvalue weighted by Crippen LogP contribution is 2.29. The molecule has 0 bridgehead atoms. The minimum atomic E-state index is -0.955. The SMILES string of the molecule is CC(C)(C=O)c1ncc(Br)cc1[N+](=O)[O-]. The summed E-state index contributed by atoms with van der Waals surface area (Å²) >= 11 is 3.10. The number of pyridine rings is 1. The number of carbonyl (C=O) groups is 1. The van der Waals surface area contributed by atoms with Gasteiger partial charge < -0.3 is 4.79 Å². The number of nitro groups is 1. The van der Waals surface area contributed by atoms with Crippen molar-refractivity contribution >= 4 is 27.9 Å². The number of hydrogen-bond donors (Lipinski definition) is 0. The van der Waals surface area contributed by atoms with Crippen molar-refractivity contribution in [2.24, 2.45) is 0 Å². The van der Waals surface area contributed by atoms with Gasteiger partial charge in [0.05, 0.1) is 10.3 Å². The second-order valence-electron chi connectivity index (χ2n) is 3.62. The van der Waals surface area contributed by atoms with Crippen LogP contribution in [0.3, 0.4) is 0 Å². The molecule has 0 amide bonds. The molecule has 0 aromatic carbocycles. The average Bonchev–Trinajstić information content (AvgIpc) is 2.17. The van der Waals surface area contributed by atoms with Crippen molar-refractivity contribution in [3.8, 4) is 0 Å². The largest absolute Gasteiger partial charge is 0.302 e. The summed E-state index contributed by atoms with van der Waals surface area (Å²) in [5.41, 5.74) is -0.935. The van der Waals surface area contributed by atoms with Gasteiger partial charge in [-0.3, -0.25) is 15.1 Å². The van der Waals surface area contributed by atoms with Gasteiger partial charge in [0.2, 0.25) is 0 Å². The van der Waals surface area contributed by atoms with Crippen LogP contribution in [0.25, 0.3) is 0 Å². The van der Waals surface area contributed by atoms with Crippen molar-refractivity contribution in [3.63, 3.8) is 0 Å². The topological polar surface area (TPSA) is 73.1 Å². The summed E-state index contributed by atoms with van der Waals surface area (Å²) in [6.45, 7) is 3.17. The first-order valence-corrected chi connectivity index (χ1v) is 4.94. The Bertz CT molecular complexity index is 418. The van der Waals surface area contributed by atoms with Gasteiger partial charge in [0.25, 0.3) is 5.69 Å². The highest BCUT2D eigenvalue weighted by Gasteiger charge is 2.30. The molecule has 0 spiro atoms. The Labute approximate surface area is 94.8 Å². The number of halogens is 1. The third-order valence-electron chi connectivity index (χ3n) is 1.94. The van der Waals surface area contributed by atoms with Gasteiger partial charge in [-0.25, -0.2) is 0 Å². The summed E-state index contributed by atoms with van der Waals surface area (Å²) in [5, 5.41) is 10.8. The average molecular weight is 273 g/mol. The van der Waals surface area contributed by atoms with Crippen LogP contribution in [0.4, 0.5) is 5.69 Å². The van der Waals surface area contributed by atoms with E-state index in [1.807, 2.05) is 0 Å². The fraction of sp³-hybridized carbons (Fsp3) is 0.333. The van der Waals surface area contributed by atoms with Crippen LogP contribution in [0, 0.1) is 10.1 Å². The molecule has 0 saturated carbocycles. The van der Waals surface area contributed by atoms with Crippen LogP contribution < -0.4 is 0 Å². The van der Waals surface area contributed by atoms with E-state index in [1.54, 1.807) is 13.8 Å². The number of aldehydes is 1. The maximum absolute atomic E-state index is 10.8. The monoisotopic (exact) mass is 272 g/mol. The summed E-state index contributed by atoms with van der Waals surface area (Å²) in [4.78, 5) is 25.0. The predicted octanol–water partition coefficient (Wildman–Crippen LogP) is 2.23. The standard InChI is InChI=1S/C9H9BrN2O3/c1-9(2,5-13)8-7(12(14)15)3-6(10)4-11-8/h3-5H,1-2H3. The lowest BCUT2D eigenvalue weighted by Crippen LogP contribution is -2.22. The van der Waals surface area contributed by atoms with Crippen molar-refractivity contribution in [2.75, 3.05) is 0 Å². The Morgan fingerprint density at radius 2 is 2.20 bits per heavy atom. The van der Waals surface area contributed by atoms with Crippen molar-refractivity contribution in [2.45, 2.75) is 19.3 Å². The zero-order chi connectivity index (χ0) is 11.6. The minimum Gasteiger partial charge on any atom is -0.302 e. The first kappa shape index (κ1) is 11.8. The summed E-state index contributed by atoms with van der Waals surface area (Å²) in [6.07, 6.45) is 2.09. The Hall–Kier alpha value is -1.30. The Kier molecular flexibility index (Phi) is 3.18. The Morgan fingerprint density at radius 1 is 1.60 bits per heavy atom. The lowest BCUT2D eigenvalue weighted by molar-refractivity contribution is -0.386. The van der Waals surface area contributed by atoms with E-state index in [4.69, 9.17) is 0 Å². The van der Waals surface area contributed by atoms with E-state index in [0.717, 1.165) is 0 Å². The number of hydrogen-bond acceptors (Lipinski definition) is 4. The zero-order valence-corrected chi connectivity index (χ0v) is 9.82. The first-order valence-electron chi connectivity index (χ1n) is 4.15. The highest BCUT2D eigenvalue weighted by atomic mass is 79.9. The molecule has 1 aromatic heterocycles. The molecule has 1 aromatic rings. The molecule has 0 aliphatic heterocycles. The molecule has 5 nitrogen and oxygen atoms in total. The number of rotatable bonds is 3. The lowest BCUT2D eigenvalue weighted by Gasteiger charge is -2.15. The van der Waals surface area contributed by atoms with Crippen LogP contribution >= 0.6 is 15.9 Å². The van der Waals surface area contributed by atoms with Crippen LogP contribution in [0.2, 0.25) is 0 Å². The number of carbonyl (C=O) groups excluding carboxylic acids is 1. The molecule has 0 radical (unpaired) electrons. The second-order valence-corrected chi connectivity index (χ2v) is 4.53. The molecule has 6 heteroatoms. The number of nitrogens with zero attached hydrogens (tertiary/aromatic N) is 2. The van der Waals surface area contributed by atoms with Crippen molar-refractivity contribution in [1.29, 1.82) is 0 Å². The van der Waals surface area contributed by atoms with Gasteiger partial charge in [-0.1, -0.05) is 0 Å². The summed E-state index contributed by atoms with van der Waals surface area (Å²) < 4.78 is 0.514. The first-order chi connectivity index (χ1) is 6.88.